The number of nitrogens with one attached hydrogen (secondary N) is 1. The van der Waals surface area contributed by atoms with Gasteiger partial charge in [0.15, 0.2) is 5.82 Å². The lowest BCUT2D eigenvalue weighted by Gasteiger charge is -2.15. The van der Waals surface area contributed by atoms with E-state index in [0.717, 1.165) is 0 Å². The molecule has 2 aromatic rings. The molecule has 132 valence electrons. The molecule has 8 nitrogen and oxygen atoms in total. The smallest absolute Gasteiger partial charge is 0.229 e. The molecule has 1 fully saturated rings. The normalized spacial score (nSPS) is 16.8. The standard InChI is InChI=1S/C17H19N3O5/c1-10-6-15(19-25-10)20-9-11(7-16(20)21)17(22)18-13-8-12(23-2)4-5-14(13)24-3/h4-6,8,11H,7,9H2,1-3H3,(H,18,22). The van der Waals surface area contributed by atoms with Crippen molar-refractivity contribution in [3.05, 3.63) is 30.0 Å². The van der Waals surface area contributed by atoms with E-state index in [0.29, 0.717) is 28.8 Å². The van der Waals surface area contributed by atoms with E-state index in [1.54, 1.807) is 38.3 Å². The predicted molar refractivity (Wildman–Crippen MR) is 89.9 cm³/mol. The zero-order chi connectivity index (χ0) is 18.0. The molecule has 2 heterocycles. The Morgan fingerprint density at radius 1 is 1.32 bits per heavy atom. The number of hydrogen-bond donors (Lipinski definition) is 1. The van der Waals surface area contributed by atoms with Crippen molar-refractivity contribution in [2.45, 2.75) is 13.3 Å². The van der Waals surface area contributed by atoms with E-state index in [9.17, 15) is 9.59 Å². The minimum atomic E-state index is -0.486. The summed E-state index contributed by atoms with van der Waals surface area (Å²) in [5.74, 6) is 1.24. The average Bonchev–Trinajstić information content (AvgIpc) is 3.20. The van der Waals surface area contributed by atoms with Crippen LogP contribution >= 0.6 is 0 Å². The van der Waals surface area contributed by atoms with Crippen LogP contribution in [0.15, 0.2) is 28.8 Å². The zero-order valence-corrected chi connectivity index (χ0v) is 14.2. The molecule has 1 saturated heterocycles. The van der Waals surface area contributed by atoms with Crippen LogP contribution in [0.3, 0.4) is 0 Å². The zero-order valence-electron chi connectivity index (χ0n) is 14.2. The van der Waals surface area contributed by atoms with Crippen LogP contribution in [0.1, 0.15) is 12.2 Å². The van der Waals surface area contributed by atoms with Gasteiger partial charge < -0.3 is 19.3 Å². The molecule has 1 N–H and O–H groups in total. The van der Waals surface area contributed by atoms with Gasteiger partial charge >= 0.3 is 0 Å². The monoisotopic (exact) mass is 345 g/mol. The maximum atomic E-state index is 12.6. The van der Waals surface area contributed by atoms with E-state index in [4.69, 9.17) is 14.0 Å². The van der Waals surface area contributed by atoms with Gasteiger partial charge in [-0.05, 0) is 19.1 Å². The van der Waals surface area contributed by atoms with E-state index in [1.165, 1.54) is 12.0 Å². The maximum Gasteiger partial charge on any atom is 0.229 e. The van der Waals surface area contributed by atoms with Gasteiger partial charge in [-0.25, -0.2) is 0 Å². The van der Waals surface area contributed by atoms with Crippen molar-refractivity contribution < 1.29 is 23.6 Å². The Bertz CT molecular complexity index is 801. The summed E-state index contributed by atoms with van der Waals surface area (Å²) in [4.78, 5) is 26.2. The fourth-order valence-corrected chi connectivity index (χ4v) is 2.73. The Kier molecular flexibility index (Phi) is 4.60. The number of amides is 2. The third-order valence-electron chi connectivity index (χ3n) is 4.05. The first-order chi connectivity index (χ1) is 12.0. The van der Waals surface area contributed by atoms with Crippen molar-refractivity contribution in [1.82, 2.24) is 5.16 Å². The first-order valence-corrected chi connectivity index (χ1v) is 7.78. The highest BCUT2D eigenvalue weighted by molar-refractivity contribution is 6.03. The van der Waals surface area contributed by atoms with Gasteiger partial charge in [-0.3, -0.25) is 14.5 Å². The van der Waals surface area contributed by atoms with E-state index in [1.807, 2.05) is 0 Å². The first kappa shape index (κ1) is 16.8. The summed E-state index contributed by atoms with van der Waals surface area (Å²) in [7, 11) is 3.06. The van der Waals surface area contributed by atoms with Gasteiger partial charge in [-0.2, -0.15) is 0 Å². The molecule has 1 atom stereocenters. The van der Waals surface area contributed by atoms with Gasteiger partial charge in [0.25, 0.3) is 0 Å². The summed E-state index contributed by atoms with van der Waals surface area (Å²) in [5, 5.41) is 6.65. The Labute approximate surface area is 144 Å². The Morgan fingerprint density at radius 2 is 2.12 bits per heavy atom. The fourth-order valence-electron chi connectivity index (χ4n) is 2.73. The molecule has 1 aromatic heterocycles. The fraction of sp³-hybridized carbons (Fsp3) is 0.353. The molecule has 0 radical (unpaired) electrons. The lowest BCUT2D eigenvalue weighted by molar-refractivity contribution is -0.122. The van der Waals surface area contributed by atoms with Crippen molar-refractivity contribution >= 4 is 23.3 Å². The number of hydrogen-bond acceptors (Lipinski definition) is 6. The number of rotatable bonds is 5. The Morgan fingerprint density at radius 3 is 2.76 bits per heavy atom. The molecule has 1 aromatic carbocycles. The second-order valence-corrected chi connectivity index (χ2v) is 5.76. The van der Waals surface area contributed by atoms with Crippen LogP contribution < -0.4 is 19.7 Å². The first-order valence-electron chi connectivity index (χ1n) is 7.78. The average molecular weight is 345 g/mol. The summed E-state index contributed by atoms with van der Waals surface area (Å²) >= 11 is 0. The van der Waals surface area contributed by atoms with Crippen molar-refractivity contribution in [2.75, 3.05) is 31.0 Å². The molecule has 8 heteroatoms. The highest BCUT2D eigenvalue weighted by Crippen LogP contribution is 2.31. The van der Waals surface area contributed by atoms with Crippen molar-refractivity contribution in [3.8, 4) is 11.5 Å². The molecule has 0 saturated carbocycles. The molecule has 1 aliphatic heterocycles. The van der Waals surface area contributed by atoms with Gasteiger partial charge in [0.2, 0.25) is 11.8 Å². The molecular weight excluding hydrogens is 326 g/mol. The summed E-state index contributed by atoms with van der Waals surface area (Å²) in [6, 6.07) is 6.79. The third-order valence-corrected chi connectivity index (χ3v) is 4.05. The molecule has 3 rings (SSSR count). The SMILES string of the molecule is COc1ccc(OC)c(NC(=O)C2CC(=O)N(c3cc(C)on3)C2)c1. The van der Waals surface area contributed by atoms with Crippen LogP contribution in [-0.2, 0) is 9.59 Å². The second-order valence-electron chi connectivity index (χ2n) is 5.76. The van der Waals surface area contributed by atoms with Crippen molar-refractivity contribution in [2.24, 2.45) is 5.92 Å². The number of nitrogens with zero attached hydrogens (tertiary/aromatic N) is 2. The maximum absolute atomic E-state index is 12.6. The highest BCUT2D eigenvalue weighted by Gasteiger charge is 2.36. The summed E-state index contributed by atoms with van der Waals surface area (Å²) in [6.07, 6.45) is 0.115. The van der Waals surface area contributed by atoms with Crippen LogP contribution in [0.4, 0.5) is 11.5 Å². The minimum absolute atomic E-state index is 0.115. The largest absolute Gasteiger partial charge is 0.497 e. The van der Waals surface area contributed by atoms with Gasteiger partial charge in [-0.1, -0.05) is 5.16 Å². The Hall–Kier alpha value is -3.03. The lowest BCUT2D eigenvalue weighted by Crippen LogP contribution is -2.28. The summed E-state index contributed by atoms with van der Waals surface area (Å²) in [6.45, 7) is 2.00. The number of anilines is 2. The minimum Gasteiger partial charge on any atom is -0.497 e. The van der Waals surface area contributed by atoms with Crippen LogP contribution in [0.2, 0.25) is 0 Å². The van der Waals surface area contributed by atoms with Crippen LogP contribution in [0.5, 0.6) is 11.5 Å². The van der Waals surface area contributed by atoms with E-state index < -0.39 is 5.92 Å². The van der Waals surface area contributed by atoms with Gasteiger partial charge in [-0.15, -0.1) is 0 Å². The predicted octanol–water partition coefficient (Wildman–Crippen LogP) is 1.99. The number of methoxy groups -OCH3 is 2. The summed E-state index contributed by atoms with van der Waals surface area (Å²) in [5.41, 5.74) is 0.495. The van der Waals surface area contributed by atoms with E-state index >= 15 is 0 Å². The molecule has 0 bridgehead atoms. The van der Waals surface area contributed by atoms with Crippen LogP contribution in [0.25, 0.3) is 0 Å². The number of carbonyl (C=O) groups is 2. The van der Waals surface area contributed by atoms with E-state index in [2.05, 4.69) is 10.5 Å². The van der Waals surface area contributed by atoms with Crippen LogP contribution in [0, 0.1) is 12.8 Å². The molecule has 0 aliphatic carbocycles. The summed E-state index contributed by atoms with van der Waals surface area (Å²) < 4.78 is 15.4. The Balaban J connectivity index is 1.73. The lowest BCUT2D eigenvalue weighted by atomic mass is 10.1. The van der Waals surface area contributed by atoms with Gasteiger partial charge in [0, 0.05) is 25.1 Å². The highest BCUT2D eigenvalue weighted by atomic mass is 16.5. The van der Waals surface area contributed by atoms with Gasteiger partial charge in [0.1, 0.15) is 17.3 Å². The molecule has 1 unspecified atom stereocenters. The quantitative estimate of drug-likeness (QED) is 0.891. The number of aromatic nitrogens is 1. The number of benzene rings is 1. The van der Waals surface area contributed by atoms with Gasteiger partial charge in [0.05, 0.1) is 25.8 Å². The van der Waals surface area contributed by atoms with Crippen LogP contribution in [-0.4, -0.2) is 37.7 Å². The third kappa shape index (κ3) is 3.42. The van der Waals surface area contributed by atoms with Crippen molar-refractivity contribution in [3.63, 3.8) is 0 Å². The van der Waals surface area contributed by atoms with Crippen molar-refractivity contribution in [1.29, 1.82) is 0 Å². The molecule has 0 spiro atoms. The molecule has 2 amide bonds. The molecular formula is C17H19N3O5. The second kappa shape index (κ2) is 6.84. The topological polar surface area (TPSA) is 93.9 Å². The number of aryl methyl sites for hydroxylation is 1. The van der Waals surface area contributed by atoms with E-state index in [-0.39, 0.29) is 24.8 Å². The molecule has 1 aliphatic rings. The number of carbonyl (C=O) groups excluding carboxylic acids is 2. The number of ether oxygens (including phenoxy) is 2. The molecule has 25 heavy (non-hydrogen) atoms.